The average molecular weight is 317 g/mol. The van der Waals surface area contributed by atoms with Crippen LogP contribution in [0.2, 0.25) is 0 Å². The normalized spacial score (nSPS) is 12.3. The van der Waals surface area contributed by atoms with E-state index in [0.717, 1.165) is 25.2 Å². The van der Waals surface area contributed by atoms with Gasteiger partial charge in [-0.15, -0.1) is 0 Å². The molecule has 1 aromatic rings. The summed E-state index contributed by atoms with van der Waals surface area (Å²) in [6, 6.07) is 9.00. The average Bonchev–Trinajstić information content (AvgIpc) is 2.57. The number of hydrogen-bond acceptors (Lipinski definition) is 3. The molecule has 2 N–H and O–H groups in total. The second-order valence-corrected chi connectivity index (χ2v) is 5.29. The minimum absolute atomic E-state index is 0.168. The van der Waals surface area contributed by atoms with Gasteiger partial charge in [0.1, 0.15) is 6.04 Å². The first kappa shape index (κ1) is 18.9. The molecule has 5 heteroatoms. The maximum absolute atomic E-state index is 11.9. The number of benzene rings is 1. The Bertz CT molecular complexity index is 510. The number of rotatable bonds is 9. The fourth-order valence-electron chi connectivity index (χ4n) is 2.09. The smallest absolute Gasteiger partial charge is 0.244 e. The summed E-state index contributed by atoms with van der Waals surface area (Å²) in [5, 5.41) is 5.51. The zero-order valence-electron chi connectivity index (χ0n) is 14.2. The van der Waals surface area contributed by atoms with Crippen LogP contribution in [0.3, 0.4) is 0 Å². The quantitative estimate of drug-likeness (QED) is 0.681. The van der Waals surface area contributed by atoms with Gasteiger partial charge in [0.25, 0.3) is 0 Å². The molecule has 0 aromatic heterocycles. The Kier molecular flexibility index (Phi) is 8.68. The van der Waals surface area contributed by atoms with Crippen molar-refractivity contribution < 1.29 is 9.59 Å². The standard InChI is InChI=1S/C18H27N3O2/c1-4-21(5-2)14-13-19-18(23)15(3)20-17(22)12-11-16-9-7-6-8-10-16/h6-12,15H,4-5,13-14H2,1-3H3,(H,19,23)(H,20,22). The van der Waals surface area contributed by atoms with Crippen molar-refractivity contribution in [1.82, 2.24) is 15.5 Å². The van der Waals surface area contributed by atoms with Crippen molar-refractivity contribution in [2.75, 3.05) is 26.2 Å². The molecule has 0 bridgehead atoms. The molecule has 1 unspecified atom stereocenters. The maximum Gasteiger partial charge on any atom is 0.244 e. The van der Waals surface area contributed by atoms with E-state index >= 15 is 0 Å². The van der Waals surface area contributed by atoms with E-state index in [4.69, 9.17) is 0 Å². The van der Waals surface area contributed by atoms with Crippen molar-refractivity contribution in [3.63, 3.8) is 0 Å². The van der Waals surface area contributed by atoms with Crippen LogP contribution in [-0.2, 0) is 9.59 Å². The molecule has 5 nitrogen and oxygen atoms in total. The van der Waals surface area contributed by atoms with Crippen LogP contribution < -0.4 is 10.6 Å². The molecule has 0 spiro atoms. The van der Waals surface area contributed by atoms with E-state index in [1.54, 1.807) is 13.0 Å². The predicted molar refractivity (Wildman–Crippen MR) is 93.9 cm³/mol. The first-order valence-corrected chi connectivity index (χ1v) is 8.10. The van der Waals surface area contributed by atoms with Gasteiger partial charge in [0, 0.05) is 19.2 Å². The van der Waals surface area contributed by atoms with E-state index in [1.165, 1.54) is 6.08 Å². The minimum Gasteiger partial charge on any atom is -0.353 e. The Morgan fingerprint density at radius 3 is 2.43 bits per heavy atom. The molecule has 0 saturated carbocycles. The fourth-order valence-corrected chi connectivity index (χ4v) is 2.09. The molecule has 1 atom stereocenters. The number of nitrogens with zero attached hydrogens (tertiary/aromatic N) is 1. The Morgan fingerprint density at radius 2 is 1.83 bits per heavy atom. The summed E-state index contributed by atoms with van der Waals surface area (Å²) >= 11 is 0. The predicted octanol–water partition coefficient (Wildman–Crippen LogP) is 1.66. The van der Waals surface area contributed by atoms with E-state index in [9.17, 15) is 9.59 Å². The Morgan fingerprint density at radius 1 is 1.17 bits per heavy atom. The lowest BCUT2D eigenvalue weighted by Gasteiger charge is -2.19. The molecule has 23 heavy (non-hydrogen) atoms. The molecule has 2 amide bonds. The van der Waals surface area contributed by atoms with Gasteiger partial charge in [0.15, 0.2) is 0 Å². The van der Waals surface area contributed by atoms with Crippen molar-refractivity contribution in [2.24, 2.45) is 0 Å². The van der Waals surface area contributed by atoms with Crippen LogP contribution in [0.25, 0.3) is 6.08 Å². The molecule has 0 radical (unpaired) electrons. The summed E-state index contributed by atoms with van der Waals surface area (Å²) in [5.41, 5.74) is 0.943. The lowest BCUT2D eigenvalue weighted by Crippen LogP contribution is -2.46. The number of nitrogens with one attached hydrogen (secondary N) is 2. The number of likely N-dealkylation sites (N-methyl/N-ethyl adjacent to an activating group) is 1. The van der Waals surface area contributed by atoms with Gasteiger partial charge in [-0.2, -0.15) is 0 Å². The topological polar surface area (TPSA) is 61.4 Å². The lowest BCUT2D eigenvalue weighted by molar-refractivity contribution is -0.126. The molecule has 0 aliphatic heterocycles. The number of carbonyl (C=O) groups is 2. The number of amides is 2. The van der Waals surface area contributed by atoms with Crippen molar-refractivity contribution in [1.29, 1.82) is 0 Å². The Labute approximate surface area is 138 Å². The zero-order valence-corrected chi connectivity index (χ0v) is 14.2. The lowest BCUT2D eigenvalue weighted by atomic mass is 10.2. The molecule has 1 rings (SSSR count). The molecule has 0 heterocycles. The molecule has 1 aromatic carbocycles. The van der Waals surface area contributed by atoms with Gasteiger partial charge in [-0.05, 0) is 31.7 Å². The molecule has 126 valence electrons. The van der Waals surface area contributed by atoms with Crippen LogP contribution in [0, 0.1) is 0 Å². The van der Waals surface area contributed by atoms with Crippen molar-refractivity contribution in [3.8, 4) is 0 Å². The maximum atomic E-state index is 11.9. The van der Waals surface area contributed by atoms with Crippen LogP contribution >= 0.6 is 0 Å². The van der Waals surface area contributed by atoms with Crippen LogP contribution in [0.5, 0.6) is 0 Å². The van der Waals surface area contributed by atoms with Gasteiger partial charge in [0.05, 0.1) is 0 Å². The molecule has 0 fully saturated rings. The largest absolute Gasteiger partial charge is 0.353 e. The summed E-state index contributed by atoms with van der Waals surface area (Å²) in [7, 11) is 0. The van der Waals surface area contributed by atoms with E-state index in [2.05, 4.69) is 29.4 Å². The third kappa shape index (κ3) is 7.61. The summed E-state index contributed by atoms with van der Waals surface area (Å²) in [5.74, 6) is -0.445. The monoisotopic (exact) mass is 317 g/mol. The van der Waals surface area contributed by atoms with E-state index < -0.39 is 6.04 Å². The molecular weight excluding hydrogens is 290 g/mol. The number of carbonyl (C=O) groups excluding carboxylic acids is 2. The first-order valence-electron chi connectivity index (χ1n) is 8.10. The van der Waals surface area contributed by atoms with E-state index in [-0.39, 0.29) is 11.8 Å². The Balaban J connectivity index is 2.33. The number of hydrogen-bond donors (Lipinski definition) is 2. The van der Waals surface area contributed by atoms with Gasteiger partial charge in [0.2, 0.25) is 11.8 Å². The van der Waals surface area contributed by atoms with Gasteiger partial charge in [-0.25, -0.2) is 0 Å². The molecule has 0 saturated heterocycles. The third-order valence-corrected chi connectivity index (χ3v) is 3.60. The highest BCUT2D eigenvalue weighted by Gasteiger charge is 2.13. The zero-order chi connectivity index (χ0) is 17.1. The summed E-state index contributed by atoms with van der Waals surface area (Å²) in [6.07, 6.45) is 3.16. The molecule has 0 aliphatic carbocycles. The van der Waals surface area contributed by atoms with Crippen LogP contribution in [0.15, 0.2) is 36.4 Å². The second kappa shape index (κ2) is 10.6. The van der Waals surface area contributed by atoms with Crippen molar-refractivity contribution in [3.05, 3.63) is 42.0 Å². The van der Waals surface area contributed by atoms with Crippen molar-refractivity contribution >= 4 is 17.9 Å². The minimum atomic E-state index is -0.556. The van der Waals surface area contributed by atoms with Crippen molar-refractivity contribution in [2.45, 2.75) is 26.8 Å². The van der Waals surface area contributed by atoms with E-state index in [1.807, 2.05) is 30.3 Å². The third-order valence-electron chi connectivity index (χ3n) is 3.60. The highest BCUT2D eigenvalue weighted by atomic mass is 16.2. The highest BCUT2D eigenvalue weighted by molar-refractivity contribution is 5.95. The fraction of sp³-hybridized carbons (Fsp3) is 0.444. The van der Waals surface area contributed by atoms with Crippen LogP contribution in [-0.4, -0.2) is 48.9 Å². The summed E-state index contributed by atoms with van der Waals surface area (Å²) in [4.78, 5) is 26.0. The van der Waals surface area contributed by atoms with Gasteiger partial charge in [-0.3, -0.25) is 9.59 Å². The summed E-state index contributed by atoms with van der Waals surface area (Å²) in [6.45, 7) is 9.18. The molecule has 0 aliphatic rings. The van der Waals surface area contributed by atoms with E-state index in [0.29, 0.717) is 6.54 Å². The van der Waals surface area contributed by atoms with Gasteiger partial charge in [-0.1, -0.05) is 44.2 Å². The van der Waals surface area contributed by atoms with Gasteiger partial charge < -0.3 is 15.5 Å². The second-order valence-electron chi connectivity index (χ2n) is 5.29. The van der Waals surface area contributed by atoms with Gasteiger partial charge >= 0.3 is 0 Å². The summed E-state index contributed by atoms with van der Waals surface area (Å²) < 4.78 is 0. The first-order chi connectivity index (χ1) is 11.1. The Hall–Kier alpha value is -2.14. The molecular formula is C18H27N3O2. The van der Waals surface area contributed by atoms with Crippen LogP contribution in [0.4, 0.5) is 0 Å². The SMILES string of the molecule is CCN(CC)CCNC(=O)C(C)NC(=O)C=Cc1ccccc1. The highest BCUT2D eigenvalue weighted by Crippen LogP contribution is 2.00. The van der Waals surface area contributed by atoms with Crippen LogP contribution in [0.1, 0.15) is 26.3 Å².